The van der Waals surface area contributed by atoms with E-state index < -0.39 is 10.0 Å². The molecule has 19 heavy (non-hydrogen) atoms. The second-order valence-electron chi connectivity index (χ2n) is 4.49. The summed E-state index contributed by atoms with van der Waals surface area (Å²) in [6, 6.07) is 8.67. The van der Waals surface area contributed by atoms with Gasteiger partial charge in [-0.05, 0) is 35.4 Å². The van der Waals surface area contributed by atoms with Crippen molar-refractivity contribution in [1.82, 2.24) is 9.29 Å². The third-order valence-electron chi connectivity index (χ3n) is 3.20. The van der Waals surface area contributed by atoms with Gasteiger partial charge in [0.1, 0.15) is 4.90 Å². The molecule has 2 N–H and O–H groups in total. The number of anilines is 1. The van der Waals surface area contributed by atoms with Crippen LogP contribution < -0.4 is 5.73 Å². The van der Waals surface area contributed by atoms with Gasteiger partial charge in [-0.1, -0.05) is 6.07 Å². The first kappa shape index (κ1) is 12.1. The molecular weight excluding hydrogens is 262 g/mol. The molecule has 5 nitrogen and oxygen atoms in total. The highest BCUT2D eigenvalue weighted by molar-refractivity contribution is 7.89. The zero-order valence-corrected chi connectivity index (χ0v) is 11.0. The van der Waals surface area contributed by atoms with Gasteiger partial charge in [-0.2, -0.15) is 4.31 Å². The van der Waals surface area contributed by atoms with E-state index in [1.807, 2.05) is 12.1 Å². The lowest BCUT2D eigenvalue weighted by molar-refractivity contribution is 0.431. The number of nitrogens with zero attached hydrogens (tertiary/aromatic N) is 2. The van der Waals surface area contributed by atoms with Gasteiger partial charge in [-0.25, -0.2) is 8.42 Å². The van der Waals surface area contributed by atoms with Crippen LogP contribution in [-0.4, -0.2) is 17.7 Å². The van der Waals surface area contributed by atoms with E-state index in [4.69, 9.17) is 5.73 Å². The minimum Gasteiger partial charge on any atom is -0.399 e. The molecule has 1 aromatic heterocycles. The predicted octanol–water partition coefficient (Wildman–Crippen LogP) is 1.37. The molecule has 0 radical (unpaired) electrons. The Morgan fingerprint density at radius 2 is 1.95 bits per heavy atom. The van der Waals surface area contributed by atoms with Gasteiger partial charge >= 0.3 is 0 Å². The lowest BCUT2D eigenvalue weighted by Crippen LogP contribution is -2.25. The number of aromatic nitrogens is 1. The van der Waals surface area contributed by atoms with Gasteiger partial charge in [0.25, 0.3) is 0 Å². The number of sulfonamides is 1. The molecule has 2 heterocycles. The Bertz CT molecular complexity index is 714. The van der Waals surface area contributed by atoms with E-state index in [0.717, 1.165) is 11.1 Å². The summed E-state index contributed by atoms with van der Waals surface area (Å²) in [6.07, 6.45) is 2.92. The molecule has 0 amide bonds. The van der Waals surface area contributed by atoms with Gasteiger partial charge < -0.3 is 5.73 Å². The molecule has 2 aromatic rings. The van der Waals surface area contributed by atoms with Crippen molar-refractivity contribution < 1.29 is 8.42 Å². The van der Waals surface area contributed by atoms with Crippen LogP contribution in [0.15, 0.2) is 47.6 Å². The van der Waals surface area contributed by atoms with Crippen LogP contribution in [0.25, 0.3) is 0 Å². The van der Waals surface area contributed by atoms with Crippen molar-refractivity contribution in [2.75, 3.05) is 5.73 Å². The highest BCUT2D eigenvalue weighted by Crippen LogP contribution is 2.29. The maximum absolute atomic E-state index is 12.4. The Morgan fingerprint density at radius 3 is 2.68 bits per heavy atom. The van der Waals surface area contributed by atoms with Crippen LogP contribution in [0.3, 0.4) is 0 Å². The van der Waals surface area contributed by atoms with Crippen molar-refractivity contribution in [2.24, 2.45) is 0 Å². The van der Waals surface area contributed by atoms with Crippen molar-refractivity contribution >= 4 is 15.7 Å². The monoisotopic (exact) mass is 275 g/mol. The number of nitrogen functional groups attached to an aromatic ring is 1. The molecule has 0 atom stereocenters. The number of nitrogens with two attached hydrogens (primary N) is 1. The summed E-state index contributed by atoms with van der Waals surface area (Å²) in [4.78, 5) is 4.08. The van der Waals surface area contributed by atoms with Crippen LogP contribution >= 0.6 is 0 Å². The standard InChI is InChI=1S/C13H13N3O2S/c14-12-4-3-10-8-16(9-11(10)6-12)19(17,18)13-2-1-5-15-7-13/h1-7H,8-9,14H2. The van der Waals surface area contributed by atoms with Crippen LogP contribution in [-0.2, 0) is 23.1 Å². The van der Waals surface area contributed by atoms with Crippen molar-refractivity contribution in [3.8, 4) is 0 Å². The quantitative estimate of drug-likeness (QED) is 0.840. The molecule has 0 bridgehead atoms. The summed E-state index contributed by atoms with van der Waals surface area (Å²) in [5.74, 6) is 0. The summed E-state index contributed by atoms with van der Waals surface area (Å²) in [5, 5.41) is 0. The molecule has 1 aliphatic rings. The summed E-state index contributed by atoms with van der Waals surface area (Å²) in [5.41, 5.74) is 8.34. The van der Waals surface area contributed by atoms with E-state index in [1.54, 1.807) is 24.4 Å². The Balaban J connectivity index is 1.95. The minimum absolute atomic E-state index is 0.218. The van der Waals surface area contributed by atoms with E-state index in [2.05, 4.69) is 4.98 Å². The molecule has 0 unspecified atom stereocenters. The molecule has 0 spiro atoms. The Morgan fingerprint density at radius 1 is 1.16 bits per heavy atom. The number of hydrogen-bond donors (Lipinski definition) is 1. The van der Waals surface area contributed by atoms with Crippen LogP contribution in [0.2, 0.25) is 0 Å². The average Bonchev–Trinajstić information content (AvgIpc) is 2.83. The third-order valence-corrected chi connectivity index (χ3v) is 4.97. The summed E-state index contributed by atoms with van der Waals surface area (Å²) in [7, 11) is -3.49. The highest BCUT2D eigenvalue weighted by atomic mass is 32.2. The molecular formula is C13H13N3O2S. The molecule has 0 saturated heterocycles. The fourth-order valence-corrected chi connectivity index (χ4v) is 3.56. The molecule has 0 saturated carbocycles. The number of pyridine rings is 1. The lowest BCUT2D eigenvalue weighted by atomic mass is 10.1. The molecule has 0 fully saturated rings. The zero-order valence-electron chi connectivity index (χ0n) is 10.2. The summed E-state index contributed by atoms with van der Waals surface area (Å²) >= 11 is 0. The number of fused-ring (bicyclic) bond motifs is 1. The molecule has 98 valence electrons. The average molecular weight is 275 g/mol. The van der Waals surface area contributed by atoms with Crippen LogP contribution in [0.5, 0.6) is 0 Å². The van der Waals surface area contributed by atoms with Crippen molar-refractivity contribution in [2.45, 2.75) is 18.0 Å². The predicted molar refractivity (Wildman–Crippen MR) is 71.5 cm³/mol. The highest BCUT2D eigenvalue weighted by Gasteiger charge is 2.30. The van der Waals surface area contributed by atoms with Crippen molar-refractivity contribution in [3.63, 3.8) is 0 Å². The number of hydrogen-bond acceptors (Lipinski definition) is 4. The van der Waals surface area contributed by atoms with E-state index in [1.165, 1.54) is 10.5 Å². The summed E-state index contributed by atoms with van der Waals surface area (Å²) < 4.78 is 26.3. The number of benzene rings is 1. The van der Waals surface area contributed by atoms with Gasteiger partial charge in [-0.3, -0.25) is 4.98 Å². The Kier molecular flexibility index (Phi) is 2.76. The van der Waals surface area contributed by atoms with Gasteiger partial charge in [0.15, 0.2) is 0 Å². The van der Waals surface area contributed by atoms with E-state index in [-0.39, 0.29) is 4.90 Å². The van der Waals surface area contributed by atoms with E-state index >= 15 is 0 Å². The van der Waals surface area contributed by atoms with E-state index in [0.29, 0.717) is 18.8 Å². The largest absolute Gasteiger partial charge is 0.399 e. The topological polar surface area (TPSA) is 76.3 Å². The van der Waals surface area contributed by atoms with Crippen LogP contribution in [0.1, 0.15) is 11.1 Å². The normalized spacial score (nSPS) is 15.4. The zero-order chi connectivity index (χ0) is 13.5. The smallest absolute Gasteiger partial charge is 0.245 e. The first-order chi connectivity index (χ1) is 9.07. The molecule has 1 aromatic carbocycles. The van der Waals surface area contributed by atoms with Gasteiger partial charge in [-0.15, -0.1) is 0 Å². The fraction of sp³-hybridized carbons (Fsp3) is 0.154. The second-order valence-corrected chi connectivity index (χ2v) is 6.43. The van der Waals surface area contributed by atoms with Crippen LogP contribution in [0, 0.1) is 0 Å². The first-order valence-electron chi connectivity index (χ1n) is 5.85. The van der Waals surface area contributed by atoms with Gasteiger partial charge in [0, 0.05) is 31.2 Å². The van der Waals surface area contributed by atoms with Crippen LogP contribution in [0.4, 0.5) is 5.69 Å². The Labute approximate surface area is 111 Å². The first-order valence-corrected chi connectivity index (χ1v) is 7.29. The number of rotatable bonds is 2. The maximum atomic E-state index is 12.4. The lowest BCUT2D eigenvalue weighted by Gasteiger charge is -2.15. The minimum atomic E-state index is -3.49. The molecule has 3 rings (SSSR count). The van der Waals surface area contributed by atoms with Gasteiger partial charge in [0.05, 0.1) is 0 Å². The summed E-state index contributed by atoms with van der Waals surface area (Å²) in [6.45, 7) is 0.741. The fourth-order valence-electron chi connectivity index (χ4n) is 2.20. The van der Waals surface area contributed by atoms with E-state index in [9.17, 15) is 8.42 Å². The molecule has 6 heteroatoms. The SMILES string of the molecule is Nc1ccc2c(c1)CN(S(=O)(=O)c1cccnc1)C2. The van der Waals surface area contributed by atoms with Crippen molar-refractivity contribution in [3.05, 3.63) is 53.9 Å². The maximum Gasteiger partial charge on any atom is 0.245 e. The third kappa shape index (κ3) is 2.09. The molecule has 0 aliphatic carbocycles. The molecule has 1 aliphatic heterocycles. The second kappa shape index (κ2) is 4.32. The van der Waals surface area contributed by atoms with Crippen molar-refractivity contribution in [1.29, 1.82) is 0 Å². The van der Waals surface area contributed by atoms with Gasteiger partial charge in [0.2, 0.25) is 10.0 Å². The Hall–Kier alpha value is -1.92.